The minimum Gasteiger partial charge on any atom is -0.493 e. The molecule has 1 heterocycles. The standard InChI is InChI=1S/C27H36Cl3NO3/c1-19(15-28)17-34-26-24(29)13-22(14-25(26)30)27(3,4)21-5-7-23(8-6-21)33-18-20(2)16-31-9-11-32-12-10-31/h5-8,13-14,19-20H,9-12,15-18H2,1-4H3/t19-,20-/m0/s1. The van der Waals surface area contributed by atoms with Crippen molar-refractivity contribution in [3.05, 3.63) is 57.6 Å². The van der Waals surface area contributed by atoms with E-state index in [9.17, 15) is 0 Å². The van der Waals surface area contributed by atoms with Gasteiger partial charge in [0, 0.05) is 42.8 Å². The quantitative estimate of drug-likeness (QED) is 0.296. The number of morpholine rings is 1. The van der Waals surface area contributed by atoms with Crippen molar-refractivity contribution < 1.29 is 14.2 Å². The fourth-order valence-corrected chi connectivity index (χ4v) is 4.66. The molecule has 0 N–H and O–H groups in total. The van der Waals surface area contributed by atoms with Crippen molar-refractivity contribution in [3.63, 3.8) is 0 Å². The Balaban J connectivity index is 1.62. The molecule has 1 fully saturated rings. The maximum absolute atomic E-state index is 6.55. The smallest absolute Gasteiger partial charge is 0.156 e. The summed E-state index contributed by atoms with van der Waals surface area (Å²) in [4.78, 5) is 2.44. The van der Waals surface area contributed by atoms with Crippen LogP contribution < -0.4 is 9.47 Å². The van der Waals surface area contributed by atoms with E-state index >= 15 is 0 Å². The second-order valence-corrected chi connectivity index (χ2v) is 10.9. The van der Waals surface area contributed by atoms with E-state index in [4.69, 9.17) is 49.0 Å². The van der Waals surface area contributed by atoms with Crippen LogP contribution in [0.15, 0.2) is 36.4 Å². The van der Waals surface area contributed by atoms with Crippen molar-refractivity contribution in [3.8, 4) is 11.5 Å². The Labute approximate surface area is 219 Å². The van der Waals surface area contributed by atoms with E-state index in [2.05, 4.69) is 37.8 Å². The molecule has 188 valence electrons. The van der Waals surface area contributed by atoms with Gasteiger partial charge < -0.3 is 14.2 Å². The predicted octanol–water partition coefficient (Wildman–Crippen LogP) is 6.92. The summed E-state index contributed by atoms with van der Waals surface area (Å²) in [6.45, 7) is 14.4. The van der Waals surface area contributed by atoms with Gasteiger partial charge in [0.15, 0.2) is 5.75 Å². The van der Waals surface area contributed by atoms with Crippen LogP contribution in [0.5, 0.6) is 11.5 Å². The maximum Gasteiger partial charge on any atom is 0.156 e. The molecule has 0 aliphatic carbocycles. The molecule has 1 saturated heterocycles. The minimum atomic E-state index is -0.294. The van der Waals surface area contributed by atoms with Crippen molar-refractivity contribution in [1.29, 1.82) is 0 Å². The Morgan fingerprint density at radius 2 is 1.50 bits per heavy atom. The van der Waals surface area contributed by atoms with Gasteiger partial charge in [-0.05, 0) is 35.4 Å². The Bertz CT molecular complexity index is 891. The van der Waals surface area contributed by atoms with Gasteiger partial charge in [0.1, 0.15) is 5.75 Å². The highest BCUT2D eigenvalue weighted by Gasteiger charge is 2.26. The molecule has 2 aromatic carbocycles. The van der Waals surface area contributed by atoms with Crippen LogP contribution in [0.1, 0.15) is 38.8 Å². The fraction of sp³-hybridized carbons (Fsp3) is 0.556. The topological polar surface area (TPSA) is 30.9 Å². The fourth-order valence-electron chi connectivity index (χ4n) is 3.98. The first-order valence-electron chi connectivity index (χ1n) is 11.9. The Morgan fingerprint density at radius 1 is 0.912 bits per heavy atom. The third-order valence-electron chi connectivity index (χ3n) is 6.28. The molecule has 2 aromatic rings. The van der Waals surface area contributed by atoms with Gasteiger partial charge in [0.05, 0.1) is 36.5 Å². The number of hydrogen-bond acceptors (Lipinski definition) is 4. The van der Waals surface area contributed by atoms with Crippen molar-refractivity contribution in [1.82, 2.24) is 4.90 Å². The molecule has 2 atom stereocenters. The van der Waals surface area contributed by atoms with E-state index in [1.54, 1.807) is 0 Å². The molecule has 0 bridgehead atoms. The lowest BCUT2D eigenvalue weighted by molar-refractivity contribution is 0.0283. The van der Waals surface area contributed by atoms with Gasteiger partial charge in [-0.1, -0.05) is 63.0 Å². The van der Waals surface area contributed by atoms with Crippen LogP contribution in [0, 0.1) is 11.8 Å². The highest BCUT2D eigenvalue weighted by atomic mass is 35.5. The minimum absolute atomic E-state index is 0.216. The summed E-state index contributed by atoms with van der Waals surface area (Å²) in [6.07, 6.45) is 0. The first kappa shape index (κ1) is 27.4. The zero-order valence-electron chi connectivity index (χ0n) is 20.6. The first-order chi connectivity index (χ1) is 16.2. The van der Waals surface area contributed by atoms with Gasteiger partial charge >= 0.3 is 0 Å². The molecule has 4 nitrogen and oxygen atoms in total. The second-order valence-electron chi connectivity index (χ2n) is 9.82. The van der Waals surface area contributed by atoms with Crippen LogP contribution >= 0.6 is 34.8 Å². The third-order valence-corrected chi connectivity index (χ3v) is 7.37. The molecule has 0 spiro atoms. The number of halogens is 3. The van der Waals surface area contributed by atoms with Gasteiger partial charge in [0.2, 0.25) is 0 Å². The molecule has 0 amide bonds. The molecule has 0 radical (unpaired) electrons. The van der Waals surface area contributed by atoms with Crippen LogP contribution in [0.2, 0.25) is 10.0 Å². The van der Waals surface area contributed by atoms with Gasteiger partial charge in [0.25, 0.3) is 0 Å². The summed E-state index contributed by atoms with van der Waals surface area (Å²) in [7, 11) is 0. The van der Waals surface area contributed by atoms with Crippen LogP contribution in [-0.2, 0) is 10.2 Å². The zero-order chi connectivity index (χ0) is 24.7. The van der Waals surface area contributed by atoms with Crippen molar-refractivity contribution in [2.75, 3.05) is 51.9 Å². The number of nitrogens with zero attached hydrogens (tertiary/aromatic N) is 1. The summed E-state index contributed by atoms with van der Waals surface area (Å²) in [5, 5.41) is 1.01. The molecule has 0 aromatic heterocycles. The van der Waals surface area contributed by atoms with Gasteiger partial charge in [-0.15, -0.1) is 11.6 Å². The summed E-state index contributed by atoms with van der Waals surface area (Å²) < 4.78 is 17.3. The third kappa shape index (κ3) is 7.41. The number of alkyl halides is 1. The van der Waals surface area contributed by atoms with Gasteiger partial charge in [-0.25, -0.2) is 0 Å². The lowest BCUT2D eigenvalue weighted by Gasteiger charge is -2.29. The van der Waals surface area contributed by atoms with E-state index in [1.807, 2.05) is 31.2 Å². The van der Waals surface area contributed by atoms with E-state index in [-0.39, 0.29) is 11.3 Å². The molecular weight excluding hydrogens is 493 g/mol. The normalized spacial score (nSPS) is 16.8. The highest BCUT2D eigenvalue weighted by molar-refractivity contribution is 6.37. The number of hydrogen-bond donors (Lipinski definition) is 0. The molecular formula is C27H36Cl3NO3. The Morgan fingerprint density at radius 3 is 2.09 bits per heavy atom. The lowest BCUT2D eigenvalue weighted by Crippen LogP contribution is -2.39. The zero-order valence-corrected chi connectivity index (χ0v) is 22.8. The van der Waals surface area contributed by atoms with Gasteiger partial charge in [-0.2, -0.15) is 0 Å². The largest absolute Gasteiger partial charge is 0.493 e. The monoisotopic (exact) mass is 527 g/mol. The molecule has 1 aliphatic rings. The van der Waals surface area contributed by atoms with Crippen molar-refractivity contribution >= 4 is 34.8 Å². The molecule has 1 aliphatic heterocycles. The maximum atomic E-state index is 6.55. The van der Waals surface area contributed by atoms with Gasteiger partial charge in [-0.3, -0.25) is 4.90 Å². The second kappa shape index (κ2) is 12.7. The molecule has 34 heavy (non-hydrogen) atoms. The van der Waals surface area contributed by atoms with E-state index in [0.717, 1.165) is 49.7 Å². The first-order valence-corrected chi connectivity index (χ1v) is 13.2. The van der Waals surface area contributed by atoms with Crippen molar-refractivity contribution in [2.45, 2.75) is 33.1 Å². The summed E-state index contributed by atoms with van der Waals surface area (Å²) in [5.74, 6) is 2.57. The molecule has 0 unspecified atom stereocenters. The lowest BCUT2D eigenvalue weighted by atomic mass is 9.78. The van der Waals surface area contributed by atoms with E-state index in [0.29, 0.717) is 40.8 Å². The van der Waals surface area contributed by atoms with Crippen molar-refractivity contribution in [2.24, 2.45) is 11.8 Å². The van der Waals surface area contributed by atoms with E-state index in [1.165, 1.54) is 0 Å². The number of ether oxygens (including phenoxy) is 3. The average Bonchev–Trinajstić information content (AvgIpc) is 2.82. The van der Waals surface area contributed by atoms with E-state index < -0.39 is 0 Å². The Kier molecular flexibility index (Phi) is 10.2. The highest BCUT2D eigenvalue weighted by Crippen LogP contribution is 2.40. The van der Waals surface area contributed by atoms with Crippen LogP contribution in [0.25, 0.3) is 0 Å². The summed E-state index contributed by atoms with van der Waals surface area (Å²) in [5.41, 5.74) is 1.88. The predicted molar refractivity (Wildman–Crippen MR) is 142 cm³/mol. The van der Waals surface area contributed by atoms with Crippen LogP contribution in [0.4, 0.5) is 0 Å². The molecule has 0 saturated carbocycles. The SMILES string of the molecule is C[C@H](COc1ccc(C(C)(C)c2cc(Cl)c(OC[C@@H](C)CCl)c(Cl)c2)cc1)CN1CCOCC1. The average molecular weight is 529 g/mol. The number of rotatable bonds is 11. The summed E-state index contributed by atoms with van der Waals surface area (Å²) >= 11 is 19.0. The van der Waals surface area contributed by atoms with Crippen LogP contribution in [0.3, 0.4) is 0 Å². The molecule has 7 heteroatoms. The van der Waals surface area contributed by atoms with Crippen LogP contribution in [-0.4, -0.2) is 56.8 Å². The molecule has 3 rings (SSSR count). The Hall–Kier alpha value is -1.17. The number of benzene rings is 2. The summed E-state index contributed by atoms with van der Waals surface area (Å²) in [6, 6.07) is 12.2.